The Morgan fingerprint density at radius 2 is 1.63 bits per heavy atom. The minimum absolute atomic E-state index is 0.0223. The van der Waals surface area contributed by atoms with E-state index >= 15 is 0 Å². The summed E-state index contributed by atoms with van der Waals surface area (Å²) in [6, 6.07) is 8.06. The van der Waals surface area contributed by atoms with Crippen molar-refractivity contribution in [3.63, 3.8) is 0 Å². The topological polar surface area (TPSA) is 53.1 Å². The van der Waals surface area contributed by atoms with Gasteiger partial charge in [0, 0.05) is 32.7 Å². The molecule has 2 saturated heterocycles. The van der Waals surface area contributed by atoms with Gasteiger partial charge in [-0.15, -0.1) is 0 Å². The van der Waals surface area contributed by atoms with Gasteiger partial charge in [-0.05, 0) is 48.8 Å². The highest BCUT2D eigenvalue weighted by Gasteiger charge is 2.57. The van der Waals surface area contributed by atoms with Gasteiger partial charge < -0.3 is 9.64 Å². The molecule has 1 spiro atoms. The number of methoxy groups -OCH3 is 1. The van der Waals surface area contributed by atoms with E-state index in [0.717, 1.165) is 31.8 Å². The summed E-state index contributed by atoms with van der Waals surface area (Å²) < 4.78 is 5.24. The zero-order chi connectivity index (χ0) is 21.9. The molecule has 166 valence electrons. The number of rotatable bonds is 8. The number of likely N-dealkylation sites (tertiary alicyclic amines) is 1. The number of amides is 3. The summed E-state index contributed by atoms with van der Waals surface area (Å²) in [5.74, 6) is 1.65. The first-order valence-electron chi connectivity index (χ1n) is 11.3. The molecule has 0 atom stereocenters. The van der Waals surface area contributed by atoms with Gasteiger partial charge in [0.1, 0.15) is 11.3 Å². The zero-order valence-electron chi connectivity index (χ0n) is 19.2. The molecule has 30 heavy (non-hydrogen) atoms. The summed E-state index contributed by atoms with van der Waals surface area (Å²) in [5, 5.41) is 0. The number of hydrogen-bond donors (Lipinski definition) is 0. The number of hydrogen-bond acceptors (Lipinski definition) is 4. The number of nitrogens with zero attached hydrogens (tertiary/aromatic N) is 3. The summed E-state index contributed by atoms with van der Waals surface area (Å²) in [7, 11) is 1.67. The van der Waals surface area contributed by atoms with Gasteiger partial charge in [0.05, 0.1) is 7.11 Å². The number of piperidine rings is 1. The molecule has 0 radical (unpaired) electrons. The molecular formula is C24H37N3O3. The highest BCUT2D eigenvalue weighted by molar-refractivity contribution is 6.07. The minimum atomic E-state index is -0.655. The third-order valence-electron chi connectivity index (χ3n) is 6.35. The van der Waals surface area contributed by atoms with Crippen molar-refractivity contribution >= 4 is 11.9 Å². The van der Waals surface area contributed by atoms with Gasteiger partial charge in [-0.2, -0.15) is 0 Å². The van der Waals surface area contributed by atoms with Crippen LogP contribution >= 0.6 is 0 Å². The molecule has 0 bridgehead atoms. The van der Waals surface area contributed by atoms with Crippen LogP contribution in [0.25, 0.3) is 0 Å². The Balaban J connectivity index is 1.72. The molecule has 6 heteroatoms. The van der Waals surface area contributed by atoms with Crippen molar-refractivity contribution in [2.45, 2.75) is 59.0 Å². The van der Waals surface area contributed by atoms with Crippen molar-refractivity contribution in [3.05, 3.63) is 29.8 Å². The lowest BCUT2D eigenvalue weighted by Crippen LogP contribution is -2.56. The molecule has 6 nitrogen and oxygen atoms in total. The lowest BCUT2D eigenvalue weighted by molar-refractivity contribution is -0.136. The molecule has 2 fully saturated rings. The molecule has 3 rings (SSSR count). The number of urea groups is 1. The van der Waals surface area contributed by atoms with Crippen LogP contribution in [0.4, 0.5) is 4.79 Å². The molecule has 0 N–H and O–H groups in total. The predicted octanol–water partition coefficient (Wildman–Crippen LogP) is 4.00. The lowest BCUT2D eigenvalue weighted by Gasteiger charge is -2.42. The second kappa shape index (κ2) is 9.38. The Kier molecular flexibility index (Phi) is 7.06. The first kappa shape index (κ1) is 22.6. The van der Waals surface area contributed by atoms with Crippen molar-refractivity contribution in [2.75, 3.05) is 33.3 Å². The summed E-state index contributed by atoms with van der Waals surface area (Å²) in [4.78, 5) is 32.4. The van der Waals surface area contributed by atoms with Gasteiger partial charge in [0.25, 0.3) is 5.91 Å². The fraction of sp³-hybridized carbons (Fsp3) is 0.667. The van der Waals surface area contributed by atoms with Crippen molar-refractivity contribution in [1.29, 1.82) is 0 Å². The molecule has 0 aromatic heterocycles. The highest BCUT2D eigenvalue weighted by atomic mass is 16.5. The summed E-state index contributed by atoms with van der Waals surface area (Å²) >= 11 is 0. The van der Waals surface area contributed by atoms with Crippen LogP contribution in [-0.2, 0) is 11.3 Å². The molecule has 2 aliphatic rings. The van der Waals surface area contributed by atoms with Crippen LogP contribution in [-0.4, -0.2) is 65.5 Å². The predicted molar refractivity (Wildman–Crippen MR) is 118 cm³/mol. The van der Waals surface area contributed by atoms with Crippen LogP contribution in [0.15, 0.2) is 24.3 Å². The fourth-order valence-corrected chi connectivity index (χ4v) is 4.56. The molecule has 3 amide bonds. The van der Waals surface area contributed by atoms with Gasteiger partial charge >= 0.3 is 6.03 Å². The Labute approximate surface area is 181 Å². The maximum absolute atomic E-state index is 13.4. The van der Waals surface area contributed by atoms with E-state index in [9.17, 15) is 9.59 Å². The van der Waals surface area contributed by atoms with Gasteiger partial charge in [0.2, 0.25) is 0 Å². The fourth-order valence-electron chi connectivity index (χ4n) is 4.56. The van der Waals surface area contributed by atoms with E-state index in [4.69, 9.17) is 4.74 Å². The second-order valence-corrected chi connectivity index (χ2v) is 9.58. The van der Waals surface area contributed by atoms with Gasteiger partial charge in [0.15, 0.2) is 0 Å². The van der Waals surface area contributed by atoms with Crippen LogP contribution in [0.2, 0.25) is 0 Å². The maximum Gasteiger partial charge on any atom is 0.327 e. The quantitative estimate of drug-likeness (QED) is 0.603. The molecule has 2 heterocycles. The SMILES string of the molecule is COc1ccc(CN2CCC3(CC2)C(=O)N(CC(C)C)C(=O)N3CCC(C)C)cc1. The smallest absolute Gasteiger partial charge is 0.327 e. The second-order valence-electron chi connectivity index (χ2n) is 9.58. The Morgan fingerprint density at radius 1 is 1.00 bits per heavy atom. The summed E-state index contributed by atoms with van der Waals surface area (Å²) in [5.41, 5.74) is 0.579. The van der Waals surface area contributed by atoms with Crippen molar-refractivity contribution in [2.24, 2.45) is 11.8 Å². The number of carbonyl (C=O) groups excluding carboxylic acids is 2. The van der Waals surface area contributed by atoms with Crippen LogP contribution in [0.3, 0.4) is 0 Å². The van der Waals surface area contributed by atoms with Crippen LogP contribution in [0, 0.1) is 11.8 Å². The van der Waals surface area contributed by atoms with E-state index in [0.29, 0.717) is 31.8 Å². The number of imide groups is 1. The van der Waals surface area contributed by atoms with E-state index in [2.05, 4.69) is 44.7 Å². The van der Waals surface area contributed by atoms with Gasteiger partial charge in [-0.3, -0.25) is 14.6 Å². The van der Waals surface area contributed by atoms with Crippen LogP contribution < -0.4 is 4.74 Å². The summed E-state index contributed by atoms with van der Waals surface area (Å²) in [6.07, 6.45) is 2.34. The first-order chi connectivity index (χ1) is 14.3. The van der Waals surface area contributed by atoms with Crippen molar-refractivity contribution in [1.82, 2.24) is 14.7 Å². The third-order valence-corrected chi connectivity index (χ3v) is 6.35. The molecule has 1 aromatic rings. The largest absolute Gasteiger partial charge is 0.497 e. The van der Waals surface area contributed by atoms with Crippen molar-refractivity contribution < 1.29 is 14.3 Å². The van der Waals surface area contributed by atoms with Gasteiger partial charge in [-0.25, -0.2) is 4.79 Å². The average Bonchev–Trinajstić information content (AvgIpc) is 2.89. The number of benzene rings is 1. The van der Waals surface area contributed by atoms with E-state index in [-0.39, 0.29) is 17.9 Å². The molecule has 0 unspecified atom stereocenters. The Morgan fingerprint density at radius 3 is 2.17 bits per heavy atom. The zero-order valence-corrected chi connectivity index (χ0v) is 19.2. The molecule has 2 aliphatic heterocycles. The normalized spacial score (nSPS) is 19.6. The van der Waals surface area contributed by atoms with Gasteiger partial charge in [-0.1, -0.05) is 39.8 Å². The number of carbonyl (C=O) groups is 2. The lowest BCUT2D eigenvalue weighted by atomic mass is 9.85. The Bertz CT molecular complexity index is 737. The maximum atomic E-state index is 13.4. The minimum Gasteiger partial charge on any atom is -0.497 e. The standard InChI is InChI=1S/C24H37N3O3/c1-18(2)10-13-27-23(29)26(16-19(3)4)22(28)24(27)11-14-25(15-12-24)17-20-6-8-21(30-5)9-7-20/h6-9,18-19H,10-17H2,1-5H3. The van der Waals surface area contributed by atoms with Crippen molar-refractivity contribution in [3.8, 4) is 5.75 Å². The van der Waals surface area contributed by atoms with E-state index in [1.165, 1.54) is 10.5 Å². The Hall–Kier alpha value is -2.08. The monoisotopic (exact) mass is 415 g/mol. The molecule has 0 aliphatic carbocycles. The average molecular weight is 416 g/mol. The third kappa shape index (κ3) is 4.64. The van der Waals surface area contributed by atoms with E-state index < -0.39 is 5.54 Å². The van der Waals surface area contributed by atoms with E-state index in [1.54, 1.807) is 7.11 Å². The molecular weight excluding hydrogens is 378 g/mol. The number of ether oxygens (including phenoxy) is 1. The summed E-state index contributed by atoms with van der Waals surface area (Å²) in [6.45, 7) is 12.1. The molecule has 0 saturated carbocycles. The van der Waals surface area contributed by atoms with Crippen LogP contribution in [0.1, 0.15) is 52.5 Å². The molecule has 1 aromatic carbocycles. The van der Waals surface area contributed by atoms with E-state index in [1.807, 2.05) is 17.0 Å². The van der Waals surface area contributed by atoms with Crippen LogP contribution in [0.5, 0.6) is 5.75 Å². The first-order valence-corrected chi connectivity index (χ1v) is 11.3. The highest BCUT2D eigenvalue weighted by Crippen LogP contribution is 2.38.